The van der Waals surface area contributed by atoms with Crippen molar-refractivity contribution < 1.29 is 19.1 Å². The number of hydrogen-bond donors (Lipinski definition) is 1. The number of benzene rings is 2. The average molecular weight is 542 g/mol. The Bertz CT molecular complexity index is 1530. The van der Waals surface area contributed by atoms with Crippen LogP contribution in [0.5, 0.6) is 0 Å². The number of amides is 3. The van der Waals surface area contributed by atoms with Crippen LogP contribution in [0.15, 0.2) is 42.7 Å². The molecule has 4 heterocycles. The van der Waals surface area contributed by atoms with E-state index < -0.39 is 11.9 Å². The van der Waals surface area contributed by atoms with Gasteiger partial charge in [0.05, 0.1) is 23.0 Å². The predicted molar refractivity (Wildman–Crippen MR) is 150 cm³/mol. The van der Waals surface area contributed by atoms with Crippen molar-refractivity contribution in [3.63, 3.8) is 0 Å². The fourth-order valence-corrected chi connectivity index (χ4v) is 6.82. The summed E-state index contributed by atoms with van der Waals surface area (Å²) in [6.07, 6.45) is 9.83. The van der Waals surface area contributed by atoms with Gasteiger partial charge in [-0.25, -0.2) is 0 Å². The maximum atomic E-state index is 13.4. The lowest BCUT2D eigenvalue weighted by Gasteiger charge is -2.40. The molecule has 1 N–H and O–H groups in total. The van der Waals surface area contributed by atoms with Crippen LogP contribution in [-0.2, 0) is 26.3 Å². The van der Waals surface area contributed by atoms with E-state index >= 15 is 0 Å². The van der Waals surface area contributed by atoms with Gasteiger partial charge >= 0.3 is 0 Å². The van der Waals surface area contributed by atoms with Crippen molar-refractivity contribution in [2.24, 2.45) is 0 Å². The molecule has 40 heavy (non-hydrogen) atoms. The summed E-state index contributed by atoms with van der Waals surface area (Å²) in [7, 11) is 1.83. The van der Waals surface area contributed by atoms with E-state index in [2.05, 4.69) is 34.1 Å². The number of imide groups is 1. The summed E-state index contributed by atoms with van der Waals surface area (Å²) < 4.78 is 7.89. The van der Waals surface area contributed by atoms with E-state index in [1.54, 1.807) is 4.90 Å². The van der Waals surface area contributed by atoms with E-state index in [4.69, 9.17) is 9.84 Å². The quantitative estimate of drug-likeness (QED) is 0.461. The van der Waals surface area contributed by atoms with Gasteiger partial charge in [-0.3, -0.25) is 29.3 Å². The monoisotopic (exact) mass is 541 g/mol. The van der Waals surface area contributed by atoms with Gasteiger partial charge in [0.25, 0.3) is 5.91 Å². The van der Waals surface area contributed by atoms with Gasteiger partial charge in [-0.2, -0.15) is 5.10 Å². The normalized spacial score (nSPS) is 23.6. The molecule has 0 spiro atoms. The SMILES string of the molecule is COC1(CN2CCC(C)(n3cc(Cc4ccc5c6c(cccc46)C(=O)N5C4CCC(=O)NC4=O)cn3)CC2)CC1. The van der Waals surface area contributed by atoms with Gasteiger partial charge in [0, 0.05) is 56.7 Å². The molecule has 1 unspecified atom stereocenters. The molecule has 4 aliphatic rings. The van der Waals surface area contributed by atoms with Gasteiger partial charge in [-0.1, -0.05) is 18.2 Å². The lowest BCUT2D eigenvalue weighted by molar-refractivity contribution is -0.134. The summed E-state index contributed by atoms with van der Waals surface area (Å²) in [6, 6.07) is 9.11. The molecule has 2 aromatic carbocycles. The highest BCUT2D eigenvalue weighted by Crippen LogP contribution is 2.42. The fraction of sp³-hybridized carbons (Fsp3) is 0.484. The number of likely N-dealkylation sites (tertiary alicyclic amines) is 1. The molecule has 2 saturated heterocycles. The Morgan fingerprint density at radius 1 is 1.07 bits per heavy atom. The molecule has 0 radical (unpaired) electrons. The molecule has 208 valence electrons. The number of ether oxygens (including phenoxy) is 1. The number of rotatable bonds is 7. The second-order valence-corrected chi connectivity index (χ2v) is 12.2. The predicted octanol–water partition coefficient (Wildman–Crippen LogP) is 3.38. The van der Waals surface area contributed by atoms with Crippen LogP contribution in [0.3, 0.4) is 0 Å². The Morgan fingerprint density at radius 3 is 2.60 bits per heavy atom. The Labute approximate surface area is 233 Å². The molecule has 3 aliphatic heterocycles. The Hall–Kier alpha value is -3.56. The topological polar surface area (TPSA) is 96.8 Å². The Balaban J connectivity index is 1.11. The van der Waals surface area contributed by atoms with E-state index in [0.29, 0.717) is 18.4 Å². The molecule has 9 heteroatoms. The Kier molecular flexibility index (Phi) is 5.87. The van der Waals surface area contributed by atoms with Gasteiger partial charge in [0.2, 0.25) is 11.8 Å². The van der Waals surface area contributed by atoms with Crippen LogP contribution in [0, 0.1) is 0 Å². The first-order chi connectivity index (χ1) is 19.3. The second-order valence-electron chi connectivity index (χ2n) is 12.2. The van der Waals surface area contributed by atoms with Crippen molar-refractivity contribution in [1.82, 2.24) is 20.0 Å². The minimum atomic E-state index is -0.679. The third-order valence-electron chi connectivity index (χ3n) is 9.61. The zero-order valence-electron chi connectivity index (χ0n) is 23.1. The highest BCUT2D eigenvalue weighted by molar-refractivity contribution is 6.27. The molecule has 3 fully saturated rings. The molecule has 3 aromatic rings. The number of hydrogen-bond acceptors (Lipinski definition) is 6. The van der Waals surface area contributed by atoms with E-state index in [9.17, 15) is 14.4 Å². The minimum absolute atomic E-state index is 0.0184. The van der Waals surface area contributed by atoms with Crippen molar-refractivity contribution in [3.8, 4) is 0 Å². The number of nitrogens with one attached hydrogen (secondary N) is 1. The first kappa shape index (κ1) is 25.4. The summed E-state index contributed by atoms with van der Waals surface area (Å²) >= 11 is 0. The molecule has 1 atom stereocenters. The van der Waals surface area contributed by atoms with Gasteiger partial charge in [-0.05, 0) is 67.7 Å². The molecule has 1 saturated carbocycles. The number of anilines is 1. The smallest absolute Gasteiger partial charge is 0.259 e. The molecular weight excluding hydrogens is 506 g/mol. The lowest BCUT2D eigenvalue weighted by Crippen LogP contribution is -2.53. The maximum Gasteiger partial charge on any atom is 0.259 e. The van der Waals surface area contributed by atoms with Gasteiger partial charge < -0.3 is 9.64 Å². The zero-order chi connectivity index (χ0) is 27.6. The number of aromatic nitrogens is 2. The van der Waals surface area contributed by atoms with Crippen molar-refractivity contribution >= 4 is 34.2 Å². The summed E-state index contributed by atoms with van der Waals surface area (Å²) in [4.78, 5) is 41.9. The van der Waals surface area contributed by atoms with E-state index in [0.717, 1.165) is 60.1 Å². The summed E-state index contributed by atoms with van der Waals surface area (Å²) in [5, 5.41) is 9.08. The number of nitrogens with zero attached hydrogens (tertiary/aromatic N) is 4. The number of piperidine rings is 2. The number of methoxy groups -OCH3 is 1. The van der Waals surface area contributed by atoms with Crippen LogP contribution >= 0.6 is 0 Å². The standard InChI is InChI=1S/C31H35N5O4/c1-30(12-14-34(15-13-30)19-31(40-2)10-11-31)35-18-20(17-32-35)16-21-6-7-24-27-22(21)4-3-5-23(27)29(39)36(24)25-8-9-26(37)33-28(25)38/h3-7,17-18,25H,8-16,19H2,1-2H3,(H,33,37,38). The van der Waals surface area contributed by atoms with Gasteiger partial charge in [0.1, 0.15) is 6.04 Å². The van der Waals surface area contributed by atoms with Crippen LogP contribution in [0.1, 0.15) is 66.9 Å². The van der Waals surface area contributed by atoms with E-state index in [1.807, 2.05) is 37.6 Å². The maximum absolute atomic E-state index is 13.4. The summed E-state index contributed by atoms with van der Waals surface area (Å²) in [5.41, 5.74) is 3.67. The summed E-state index contributed by atoms with van der Waals surface area (Å²) in [6.45, 7) is 5.42. The van der Waals surface area contributed by atoms with Crippen molar-refractivity contribution in [2.75, 3.05) is 31.6 Å². The minimum Gasteiger partial charge on any atom is -0.377 e. The number of carbonyl (C=O) groups excluding carboxylic acids is 3. The van der Waals surface area contributed by atoms with Crippen LogP contribution in [0.4, 0.5) is 5.69 Å². The average Bonchev–Trinajstić information content (AvgIpc) is 3.45. The van der Waals surface area contributed by atoms with Crippen molar-refractivity contribution in [3.05, 3.63) is 59.4 Å². The molecule has 9 nitrogen and oxygen atoms in total. The van der Waals surface area contributed by atoms with Gasteiger partial charge in [0.15, 0.2) is 0 Å². The van der Waals surface area contributed by atoms with Crippen LogP contribution in [0.2, 0.25) is 0 Å². The first-order valence-electron chi connectivity index (χ1n) is 14.3. The summed E-state index contributed by atoms with van der Waals surface area (Å²) in [5.74, 6) is -0.881. The molecule has 3 amide bonds. The Morgan fingerprint density at radius 2 is 1.88 bits per heavy atom. The third kappa shape index (κ3) is 4.14. The van der Waals surface area contributed by atoms with Crippen LogP contribution in [-0.4, -0.2) is 70.8 Å². The van der Waals surface area contributed by atoms with E-state index in [1.165, 1.54) is 12.8 Å². The van der Waals surface area contributed by atoms with Gasteiger partial charge in [-0.15, -0.1) is 0 Å². The molecule has 7 rings (SSSR count). The van der Waals surface area contributed by atoms with Crippen molar-refractivity contribution in [2.45, 2.75) is 69.1 Å². The van der Waals surface area contributed by atoms with Crippen LogP contribution < -0.4 is 10.2 Å². The van der Waals surface area contributed by atoms with Crippen molar-refractivity contribution in [1.29, 1.82) is 0 Å². The number of carbonyl (C=O) groups is 3. The fourth-order valence-electron chi connectivity index (χ4n) is 6.82. The molecule has 1 aromatic heterocycles. The second kappa shape index (κ2) is 9.24. The third-order valence-corrected chi connectivity index (χ3v) is 9.61. The zero-order valence-corrected chi connectivity index (χ0v) is 23.1. The molecular formula is C31H35N5O4. The highest BCUT2D eigenvalue weighted by atomic mass is 16.5. The molecule has 0 bridgehead atoms. The lowest BCUT2D eigenvalue weighted by atomic mass is 9.89. The molecule has 1 aliphatic carbocycles. The van der Waals surface area contributed by atoms with E-state index in [-0.39, 0.29) is 29.4 Å². The van der Waals surface area contributed by atoms with Crippen LogP contribution in [0.25, 0.3) is 10.8 Å². The largest absolute Gasteiger partial charge is 0.377 e. The highest BCUT2D eigenvalue weighted by Gasteiger charge is 2.46. The first-order valence-corrected chi connectivity index (χ1v) is 14.3.